The monoisotopic (exact) mass is 742 g/mol. The molecule has 2 atom stereocenters. The molecule has 45 heavy (non-hydrogen) atoms. The number of piperidine rings is 1. The molecule has 0 saturated carbocycles. The van der Waals surface area contributed by atoms with Crippen LogP contribution in [0.2, 0.25) is 0 Å². The van der Waals surface area contributed by atoms with Crippen molar-refractivity contribution >= 4 is 61.9 Å². The Kier molecular flexibility index (Phi) is 7.41. The Bertz CT molecular complexity index is 1840. The zero-order chi connectivity index (χ0) is 30.9. The Labute approximate surface area is 276 Å². The number of anilines is 1. The summed E-state index contributed by atoms with van der Waals surface area (Å²) >= 11 is 2.31. The molecule has 4 fully saturated rings. The molecule has 10 nitrogen and oxygen atoms in total. The molecule has 13 heteroatoms. The van der Waals surface area contributed by atoms with Crippen molar-refractivity contribution in [3.05, 3.63) is 35.4 Å². The van der Waals surface area contributed by atoms with Crippen molar-refractivity contribution in [2.24, 2.45) is 5.41 Å². The fourth-order valence-corrected chi connectivity index (χ4v) is 9.90. The predicted octanol–water partition coefficient (Wildman–Crippen LogP) is 5.70. The second-order valence-corrected chi connectivity index (χ2v) is 15.5. The van der Waals surface area contributed by atoms with Crippen molar-refractivity contribution in [2.45, 2.75) is 64.3 Å². The predicted molar refractivity (Wildman–Crippen MR) is 183 cm³/mol. The van der Waals surface area contributed by atoms with Gasteiger partial charge in [0, 0.05) is 48.6 Å². The average Bonchev–Trinajstić information content (AvgIpc) is 3.81. The maximum absolute atomic E-state index is 17.0. The molecule has 2 unspecified atom stereocenters. The molecule has 4 aliphatic heterocycles. The SMILES string of the molecule is Cc1cc2c(cnn2PI)c(-c2ncc3c(N4CCCC5(CNC(=O)C5)C4)nc(OCC45CCCN4CCC5)nc3c2F)c1C. The van der Waals surface area contributed by atoms with Crippen LogP contribution in [0.1, 0.15) is 56.1 Å². The lowest BCUT2D eigenvalue weighted by atomic mass is 9.79. The minimum absolute atomic E-state index is 0.00918. The molecule has 4 aromatic rings. The molecule has 1 spiro atoms. The number of aryl methyl sites for hydroxylation is 1. The van der Waals surface area contributed by atoms with Gasteiger partial charge in [-0.3, -0.25) is 14.7 Å². The summed E-state index contributed by atoms with van der Waals surface area (Å²) in [5.74, 6) is 0.240. The number of pyridine rings is 1. The molecule has 0 bridgehead atoms. The number of nitrogens with one attached hydrogen (secondary N) is 1. The normalized spacial score (nSPS) is 23.3. The van der Waals surface area contributed by atoms with E-state index in [0.717, 1.165) is 72.9 Å². The molecular formula is C32H37FIN8O2P. The second kappa shape index (κ2) is 11.2. The first-order valence-electron chi connectivity index (χ1n) is 15.9. The summed E-state index contributed by atoms with van der Waals surface area (Å²) in [4.78, 5) is 31.5. The summed E-state index contributed by atoms with van der Waals surface area (Å²) in [7, 11) is 0. The number of carbonyl (C=O) groups is 1. The van der Waals surface area contributed by atoms with E-state index < -0.39 is 5.82 Å². The number of hydrogen-bond acceptors (Lipinski definition) is 8. The van der Waals surface area contributed by atoms with Crippen LogP contribution in [0.4, 0.5) is 10.2 Å². The van der Waals surface area contributed by atoms with Crippen LogP contribution in [0.25, 0.3) is 33.1 Å². The maximum Gasteiger partial charge on any atom is 0.319 e. The van der Waals surface area contributed by atoms with E-state index in [2.05, 4.69) is 48.3 Å². The van der Waals surface area contributed by atoms with E-state index in [9.17, 15) is 4.79 Å². The molecule has 4 saturated heterocycles. The minimum atomic E-state index is -0.480. The van der Waals surface area contributed by atoms with E-state index in [1.54, 1.807) is 6.20 Å². The number of benzene rings is 1. The fourth-order valence-electron chi connectivity index (χ4n) is 8.36. The van der Waals surface area contributed by atoms with Crippen LogP contribution in [0, 0.1) is 25.1 Å². The van der Waals surface area contributed by atoms with Crippen molar-refractivity contribution in [1.82, 2.24) is 34.7 Å². The maximum atomic E-state index is 17.0. The first-order valence-corrected chi connectivity index (χ1v) is 20.0. The number of aromatic nitrogens is 5. The Hall–Kier alpha value is -2.70. The Morgan fingerprint density at radius 1 is 1.09 bits per heavy atom. The van der Waals surface area contributed by atoms with E-state index in [4.69, 9.17) is 19.7 Å². The number of nitrogens with zero attached hydrogens (tertiary/aromatic N) is 7. The van der Waals surface area contributed by atoms with E-state index in [1.165, 1.54) is 12.8 Å². The van der Waals surface area contributed by atoms with Crippen LogP contribution in [0.5, 0.6) is 6.01 Å². The summed E-state index contributed by atoms with van der Waals surface area (Å²) in [6.45, 7) is 8.81. The third-order valence-corrected chi connectivity index (χ3v) is 12.7. The van der Waals surface area contributed by atoms with Gasteiger partial charge in [0.2, 0.25) is 5.91 Å². The number of fused-ring (bicyclic) bond motifs is 3. The summed E-state index contributed by atoms with van der Waals surface area (Å²) in [6, 6.07) is 2.31. The lowest BCUT2D eigenvalue weighted by Crippen LogP contribution is -2.45. The number of halogens is 2. The zero-order valence-corrected chi connectivity index (χ0v) is 28.8. The molecule has 7 heterocycles. The molecule has 1 aromatic carbocycles. The highest BCUT2D eigenvalue weighted by atomic mass is 127. The Balaban J connectivity index is 1.26. The molecule has 1 amide bonds. The summed E-state index contributed by atoms with van der Waals surface area (Å²) in [5, 5.41) is 9.04. The van der Waals surface area contributed by atoms with Gasteiger partial charge in [-0.1, -0.05) is 0 Å². The van der Waals surface area contributed by atoms with Crippen LogP contribution >= 0.6 is 28.4 Å². The Morgan fingerprint density at radius 2 is 1.89 bits per heavy atom. The number of hydrogen-bond donors (Lipinski definition) is 1. The van der Waals surface area contributed by atoms with Crippen LogP contribution in [0.3, 0.4) is 0 Å². The van der Waals surface area contributed by atoms with Gasteiger partial charge in [0.15, 0.2) is 5.82 Å². The first kappa shape index (κ1) is 29.7. The third kappa shape index (κ3) is 4.88. The molecule has 236 valence electrons. The van der Waals surface area contributed by atoms with E-state index >= 15 is 4.39 Å². The molecular weight excluding hydrogens is 705 g/mol. The first-order chi connectivity index (χ1) is 21.8. The highest BCUT2D eigenvalue weighted by Crippen LogP contribution is 2.43. The van der Waals surface area contributed by atoms with Gasteiger partial charge in [0.25, 0.3) is 0 Å². The fraction of sp³-hybridized carbons (Fsp3) is 0.531. The second-order valence-electron chi connectivity index (χ2n) is 13.5. The quantitative estimate of drug-likeness (QED) is 0.199. The van der Waals surface area contributed by atoms with Crippen LogP contribution in [-0.2, 0) is 4.79 Å². The van der Waals surface area contributed by atoms with Gasteiger partial charge in [-0.25, -0.2) is 8.84 Å². The highest BCUT2D eigenvalue weighted by molar-refractivity contribution is 14.2. The van der Waals surface area contributed by atoms with E-state index in [-0.39, 0.29) is 34.1 Å². The summed E-state index contributed by atoms with van der Waals surface area (Å²) in [5.41, 5.74) is 4.05. The number of amides is 1. The van der Waals surface area contributed by atoms with Crippen molar-refractivity contribution in [3.63, 3.8) is 0 Å². The number of rotatable bonds is 6. The summed E-state index contributed by atoms with van der Waals surface area (Å²) in [6.07, 6.45) is 10.9. The van der Waals surface area contributed by atoms with Gasteiger partial charge in [-0.15, -0.1) is 0 Å². The summed E-state index contributed by atoms with van der Waals surface area (Å²) < 4.78 is 25.4. The van der Waals surface area contributed by atoms with Gasteiger partial charge >= 0.3 is 6.01 Å². The van der Waals surface area contributed by atoms with Gasteiger partial charge in [0.05, 0.1) is 29.0 Å². The highest BCUT2D eigenvalue weighted by Gasteiger charge is 2.45. The van der Waals surface area contributed by atoms with Crippen molar-refractivity contribution < 1.29 is 13.9 Å². The van der Waals surface area contributed by atoms with Gasteiger partial charge in [0.1, 0.15) is 23.6 Å². The lowest BCUT2D eigenvalue weighted by molar-refractivity contribution is -0.119. The largest absolute Gasteiger partial charge is 0.461 e. The molecule has 3 aromatic heterocycles. The van der Waals surface area contributed by atoms with Crippen molar-refractivity contribution in [3.8, 4) is 17.3 Å². The van der Waals surface area contributed by atoms with Gasteiger partial charge in [-0.05, 0) is 105 Å². The molecule has 0 radical (unpaired) electrons. The van der Waals surface area contributed by atoms with Crippen molar-refractivity contribution in [1.29, 1.82) is 0 Å². The van der Waals surface area contributed by atoms with E-state index in [1.807, 2.05) is 24.5 Å². The standard InChI is InChI=1S/C32H37FIN8O2P/c1-19-12-23-21(15-37-42(23)45-34)25(20(19)2)28-26(33)27-22(14-35-28)29(40-9-3-6-31(17-40)13-24(43)36-16-31)39-30(38-27)44-18-32-7-4-10-41(32)11-5-8-32/h12,14-15,45H,3-11,13,16-18H2,1-2H3,(H,36,43). The third-order valence-electron chi connectivity index (χ3n) is 10.8. The molecule has 1 N–H and O–H groups in total. The van der Waals surface area contributed by atoms with Crippen molar-refractivity contribution in [2.75, 3.05) is 44.2 Å². The topological polar surface area (TPSA) is 101 Å². The van der Waals surface area contributed by atoms with Gasteiger partial charge < -0.3 is 15.0 Å². The molecule has 4 aliphatic rings. The molecule has 0 aliphatic carbocycles. The number of carbonyl (C=O) groups excluding carboxylic acids is 1. The van der Waals surface area contributed by atoms with Crippen LogP contribution in [0.15, 0.2) is 18.5 Å². The lowest BCUT2D eigenvalue weighted by Gasteiger charge is -2.40. The molecule has 8 rings (SSSR count). The van der Waals surface area contributed by atoms with Gasteiger partial charge in [-0.2, -0.15) is 15.1 Å². The average molecular weight is 743 g/mol. The van der Waals surface area contributed by atoms with E-state index in [0.29, 0.717) is 43.7 Å². The zero-order valence-electron chi connectivity index (χ0n) is 25.6. The minimum Gasteiger partial charge on any atom is -0.461 e. The Morgan fingerprint density at radius 3 is 2.64 bits per heavy atom. The van der Waals surface area contributed by atoms with Crippen LogP contribution < -0.4 is 15.0 Å². The smallest absolute Gasteiger partial charge is 0.319 e. The van der Waals surface area contributed by atoms with Crippen LogP contribution in [-0.4, -0.2) is 80.2 Å². The number of ether oxygens (including phenoxy) is 1.